The van der Waals surface area contributed by atoms with Gasteiger partial charge in [-0.3, -0.25) is 4.79 Å². The highest BCUT2D eigenvalue weighted by molar-refractivity contribution is 7.99. The Morgan fingerprint density at radius 1 is 1.67 bits per heavy atom. The summed E-state index contributed by atoms with van der Waals surface area (Å²) in [6, 6.07) is 0.171. The highest BCUT2D eigenvalue weighted by Crippen LogP contribution is 2.43. The predicted octanol–water partition coefficient (Wildman–Crippen LogP) is 0.0733. The van der Waals surface area contributed by atoms with E-state index in [2.05, 4.69) is 15.5 Å². The van der Waals surface area contributed by atoms with Crippen LogP contribution in [0.2, 0.25) is 0 Å². The van der Waals surface area contributed by atoms with Gasteiger partial charge in [0.25, 0.3) is 0 Å². The van der Waals surface area contributed by atoms with Gasteiger partial charge in [0.15, 0.2) is 5.16 Å². The number of thioether (sulfide) groups is 1. The van der Waals surface area contributed by atoms with Crippen molar-refractivity contribution in [3.05, 3.63) is 6.33 Å². The molecule has 0 bridgehead atoms. The lowest BCUT2D eigenvalue weighted by Crippen LogP contribution is -2.63. The van der Waals surface area contributed by atoms with Crippen LogP contribution in [0.1, 0.15) is 6.42 Å². The molecule has 1 saturated carbocycles. The van der Waals surface area contributed by atoms with Gasteiger partial charge in [0, 0.05) is 38.6 Å². The van der Waals surface area contributed by atoms with Crippen molar-refractivity contribution >= 4 is 17.7 Å². The van der Waals surface area contributed by atoms with Gasteiger partial charge in [-0.25, -0.2) is 0 Å². The molecule has 0 spiro atoms. The number of nitrogens with zero attached hydrogens (tertiary/aromatic N) is 3. The zero-order valence-corrected chi connectivity index (χ0v) is 13.0. The second-order valence-electron chi connectivity index (χ2n) is 5.51. The van der Waals surface area contributed by atoms with E-state index in [4.69, 9.17) is 9.47 Å². The summed E-state index contributed by atoms with van der Waals surface area (Å²) in [4.78, 5) is 12.1. The highest BCUT2D eigenvalue weighted by Gasteiger charge is 2.54. The normalized spacial score (nSPS) is 30.8. The molecule has 0 unspecified atom stereocenters. The second-order valence-corrected chi connectivity index (χ2v) is 6.46. The average Bonchev–Trinajstić information content (AvgIpc) is 3.07. The molecule has 1 saturated heterocycles. The summed E-state index contributed by atoms with van der Waals surface area (Å²) in [5.41, 5.74) is 0. The molecular weight excluding hydrogens is 292 g/mol. The van der Waals surface area contributed by atoms with E-state index in [0.29, 0.717) is 18.3 Å². The minimum absolute atomic E-state index is 0.0273. The van der Waals surface area contributed by atoms with Gasteiger partial charge in [-0.05, 0) is 6.42 Å². The maximum atomic E-state index is 12.1. The van der Waals surface area contributed by atoms with Crippen molar-refractivity contribution in [2.24, 2.45) is 18.9 Å². The van der Waals surface area contributed by atoms with E-state index in [1.54, 1.807) is 18.0 Å². The van der Waals surface area contributed by atoms with Gasteiger partial charge in [-0.2, -0.15) is 0 Å². The Morgan fingerprint density at radius 2 is 2.52 bits per heavy atom. The Labute approximate surface area is 127 Å². The number of rotatable bonds is 6. The molecule has 116 valence electrons. The number of ether oxygens (including phenoxy) is 2. The fourth-order valence-corrected chi connectivity index (χ4v) is 3.89. The van der Waals surface area contributed by atoms with Crippen molar-refractivity contribution in [1.82, 2.24) is 20.1 Å². The third-order valence-corrected chi connectivity index (χ3v) is 5.25. The zero-order valence-electron chi connectivity index (χ0n) is 12.2. The maximum Gasteiger partial charge on any atom is 0.230 e. The molecule has 7 nitrogen and oxygen atoms in total. The standard InChI is InChI=1S/C13H20N4O3S/c1-17-7-14-16-13(17)21-6-10(18)15-11-8-3-4-20-12(8)9(11)5-19-2/h7-9,11-12H,3-6H2,1-2H3,(H,15,18)/t8-,9-,11-,12-/m0/s1. The van der Waals surface area contributed by atoms with Crippen molar-refractivity contribution in [3.63, 3.8) is 0 Å². The minimum atomic E-state index is 0.0273. The lowest BCUT2D eigenvalue weighted by molar-refractivity contribution is -0.127. The van der Waals surface area contributed by atoms with Gasteiger partial charge in [0.2, 0.25) is 5.91 Å². The summed E-state index contributed by atoms with van der Waals surface area (Å²) in [6.45, 7) is 1.41. The molecule has 1 aliphatic carbocycles. The first-order chi connectivity index (χ1) is 10.2. The molecule has 0 radical (unpaired) electrons. The van der Waals surface area contributed by atoms with Crippen LogP contribution in [-0.4, -0.2) is 58.9 Å². The first kappa shape index (κ1) is 14.8. The molecule has 2 heterocycles. The Kier molecular flexibility index (Phi) is 4.46. The summed E-state index contributed by atoms with van der Waals surface area (Å²) >= 11 is 1.39. The zero-order chi connectivity index (χ0) is 14.8. The predicted molar refractivity (Wildman–Crippen MR) is 76.9 cm³/mol. The molecule has 1 amide bonds. The average molecular weight is 312 g/mol. The molecule has 21 heavy (non-hydrogen) atoms. The van der Waals surface area contributed by atoms with Crippen molar-refractivity contribution in [2.45, 2.75) is 23.7 Å². The van der Waals surface area contributed by atoms with E-state index in [-0.39, 0.29) is 24.0 Å². The number of carbonyl (C=O) groups excluding carboxylic acids is 1. The third kappa shape index (κ3) is 2.93. The quantitative estimate of drug-likeness (QED) is 0.749. The Hall–Kier alpha value is -1.12. The van der Waals surface area contributed by atoms with E-state index in [9.17, 15) is 4.79 Å². The van der Waals surface area contributed by atoms with E-state index >= 15 is 0 Å². The lowest BCUT2D eigenvalue weighted by atomic mass is 9.67. The minimum Gasteiger partial charge on any atom is -0.384 e. The number of hydrogen-bond acceptors (Lipinski definition) is 6. The molecule has 1 aromatic rings. The van der Waals surface area contributed by atoms with E-state index in [1.807, 2.05) is 7.05 Å². The fraction of sp³-hybridized carbons (Fsp3) is 0.769. The molecule has 8 heteroatoms. The van der Waals surface area contributed by atoms with Crippen LogP contribution < -0.4 is 5.32 Å². The molecule has 2 aliphatic rings. The monoisotopic (exact) mass is 312 g/mol. The second kappa shape index (κ2) is 6.33. The Morgan fingerprint density at radius 3 is 3.24 bits per heavy atom. The molecule has 1 N–H and O–H groups in total. The van der Waals surface area contributed by atoms with Crippen LogP contribution in [0, 0.1) is 11.8 Å². The van der Waals surface area contributed by atoms with Gasteiger partial charge < -0.3 is 19.4 Å². The smallest absolute Gasteiger partial charge is 0.230 e. The summed E-state index contributed by atoms with van der Waals surface area (Å²) < 4.78 is 12.7. The lowest BCUT2D eigenvalue weighted by Gasteiger charge is -2.47. The largest absolute Gasteiger partial charge is 0.384 e. The van der Waals surface area contributed by atoms with E-state index < -0.39 is 0 Å². The van der Waals surface area contributed by atoms with Crippen molar-refractivity contribution in [3.8, 4) is 0 Å². The summed E-state index contributed by atoms with van der Waals surface area (Å²) in [7, 11) is 3.55. The molecule has 3 rings (SSSR count). The molecule has 0 aromatic carbocycles. The maximum absolute atomic E-state index is 12.1. The number of aromatic nitrogens is 3. The number of fused-ring (bicyclic) bond motifs is 1. The number of nitrogens with one attached hydrogen (secondary N) is 1. The van der Waals surface area contributed by atoms with Crippen LogP contribution in [0.15, 0.2) is 11.5 Å². The third-order valence-electron chi connectivity index (χ3n) is 4.22. The molecule has 4 atom stereocenters. The van der Waals surface area contributed by atoms with Gasteiger partial charge in [-0.15, -0.1) is 10.2 Å². The molecular formula is C13H20N4O3S. The summed E-state index contributed by atoms with van der Waals surface area (Å²) in [5, 5.41) is 11.6. The SMILES string of the molecule is COC[C@H]1[C@@H](NC(=O)CSc2nncn2C)[C@@H]2CCO[C@@H]21. The van der Waals surface area contributed by atoms with Gasteiger partial charge in [0.1, 0.15) is 6.33 Å². The fourth-order valence-electron chi connectivity index (χ4n) is 3.20. The number of carbonyl (C=O) groups is 1. The van der Waals surface area contributed by atoms with Crippen molar-refractivity contribution < 1.29 is 14.3 Å². The Balaban J connectivity index is 1.51. The van der Waals surface area contributed by atoms with Crippen LogP contribution in [0.4, 0.5) is 0 Å². The van der Waals surface area contributed by atoms with Crippen molar-refractivity contribution in [1.29, 1.82) is 0 Å². The number of methoxy groups -OCH3 is 1. The van der Waals surface area contributed by atoms with Crippen molar-refractivity contribution in [2.75, 3.05) is 26.1 Å². The topological polar surface area (TPSA) is 78.3 Å². The van der Waals surface area contributed by atoms with E-state index in [1.165, 1.54) is 11.8 Å². The first-order valence-electron chi connectivity index (χ1n) is 7.07. The van der Waals surface area contributed by atoms with E-state index in [0.717, 1.165) is 18.2 Å². The van der Waals surface area contributed by atoms with Gasteiger partial charge >= 0.3 is 0 Å². The van der Waals surface area contributed by atoms with Crippen LogP contribution in [0.5, 0.6) is 0 Å². The molecule has 1 aromatic heterocycles. The van der Waals surface area contributed by atoms with Gasteiger partial charge in [0.05, 0.1) is 18.5 Å². The first-order valence-corrected chi connectivity index (χ1v) is 8.06. The van der Waals surface area contributed by atoms with Crippen LogP contribution >= 0.6 is 11.8 Å². The molecule has 1 aliphatic heterocycles. The van der Waals surface area contributed by atoms with Crippen LogP contribution in [0.25, 0.3) is 0 Å². The van der Waals surface area contributed by atoms with Gasteiger partial charge in [-0.1, -0.05) is 11.8 Å². The molecule has 2 fully saturated rings. The van der Waals surface area contributed by atoms with Crippen LogP contribution in [0.3, 0.4) is 0 Å². The number of amides is 1. The number of aryl methyl sites for hydroxylation is 1. The highest BCUT2D eigenvalue weighted by atomic mass is 32.2. The Bertz CT molecular complexity index is 509. The van der Waals surface area contributed by atoms with Crippen LogP contribution in [-0.2, 0) is 21.3 Å². The summed E-state index contributed by atoms with van der Waals surface area (Å²) in [6.07, 6.45) is 2.90. The number of hydrogen-bond donors (Lipinski definition) is 1. The summed E-state index contributed by atoms with van der Waals surface area (Å²) in [5.74, 6) is 1.08.